The zero-order valence-electron chi connectivity index (χ0n) is 13.6. The van der Waals surface area contributed by atoms with Gasteiger partial charge >= 0.3 is 0 Å². The zero-order chi connectivity index (χ0) is 15.7. The average molecular weight is 339 g/mol. The normalized spacial score (nSPS) is 17.1. The van der Waals surface area contributed by atoms with Crippen molar-refractivity contribution in [2.45, 2.75) is 32.7 Å². The van der Waals surface area contributed by atoms with Gasteiger partial charge in [-0.05, 0) is 39.3 Å². The van der Waals surface area contributed by atoms with Gasteiger partial charge in [-0.25, -0.2) is 0 Å². The first-order chi connectivity index (χ1) is 10.6. The molecule has 1 aliphatic heterocycles. The van der Waals surface area contributed by atoms with Crippen LogP contribution in [0.4, 0.5) is 0 Å². The summed E-state index contributed by atoms with van der Waals surface area (Å²) in [5, 5.41) is 17.8. The molecule has 1 aliphatic rings. The Hall–Kier alpha value is -1.86. The molecule has 0 saturated carbocycles. The van der Waals surface area contributed by atoms with E-state index in [1.165, 1.54) is 6.42 Å². The summed E-state index contributed by atoms with van der Waals surface area (Å²) in [5.74, 6) is -0.119. The van der Waals surface area contributed by atoms with Crippen molar-refractivity contribution in [1.82, 2.24) is 30.6 Å². The molecule has 1 unspecified atom stereocenters. The van der Waals surface area contributed by atoms with Gasteiger partial charge in [0.05, 0.1) is 11.4 Å². The summed E-state index contributed by atoms with van der Waals surface area (Å²) >= 11 is 0. The van der Waals surface area contributed by atoms with Crippen molar-refractivity contribution < 1.29 is 4.79 Å². The molecule has 23 heavy (non-hydrogen) atoms. The van der Waals surface area contributed by atoms with E-state index in [1.54, 1.807) is 6.07 Å². The van der Waals surface area contributed by atoms with Crippen LogP contribution in [0.25, 0.3) is 11.3 Å². The van der Waals surface area contributed by atoms with Gasteiger partial charge in [0.1, 0.15) is 5.69 Å². The topological polar surface area (TPSA) is 87.6 Å². The molecule has 1 saturated heterocycles. The molecule has 7 nitrogen and oxygen atoms in total. The number of rotatable bonds is 4. The molecule has 0 aromatic carbocycles. The zero-order valence-corrected chi connectivity index (χ0v) is 14.5. The van der Waals surface area contributed by atoms with Crippen molar-refractivity contribution in [3.8, 4) is 11.3 Å². The van der Waals surface area contributed by atoms with Crippen LogP contribution >= 0.6 is 12.4 Å². The van der Waals surface area contributed by atoms with E-state index in [1.807, 2.05) is 25.6 Å². The molecule has 3 N–H and O–H groups in total. The first-order valence-electron chi connectivity index (χ1n) is 7.64. The van der Waals surface area contributed by atoms with E-state index in [9.17, 15) is 4.79 Å². The number of amides is 1. The van der Waals surface area contributed by atoms with Gasteiger partial charge in [-0.3, -0.25) is 14.6 Å². The Balaban J connectivity index is 0.00000192. The van der Waals surface area contributed by atoms with E-state index < -0.39 is 0 Å². The Morgan fingerprint density at radius 3 is 2.87 bits per heavy atom. The van der Waals surface area contributed by atoms with Crippen molar-refractivity contribution in [1.29, 1.82) is 0 Å². The Bertz CT molecular complexity index is 686. The van der Waals surface area contributed by atoms with Crippen molar-refractivity contribution in [3.05, 3.63) is 23.1 Å². The van der Waals surface area contributed by atoms with Crippen molar-refractivity contribution in [2.24, 2.45) is 7.05 Å². The van der Waals surface area contributed by atoms with Crippen molar-refractivity contribution >= 4 is 18.3 Å². The van der Waals surface area contributed by atoms with Gasteiger partial charge in [-0.2, -0.15) is 10.2 Å². The monoisotopic (exact) mass is 338 g/mol. The summed E-state index contributed by atoms with van der Waals surface area (Å²) in [6, 6.07) is 2.17. The lowest BCUT2D eigenvalue weighted by atomic mass is 10.1. The van der Waals surface area contributed by atoms with Crippen LogP contribution in [0.5, 0.6) is 0 Å². The van der Waals surface area contributed by atoms with Gasteiger partial charge in [-0.1, -0.05) is 0 Å². The van der Waals surface area contributed by atoms with Crippen LogP contribution < -0.4 is 10.6 Å². The van der Waals surface area contributed by atoms with E-state index >= 15 is 0 Å². The summed E-state index contributed by atoms with van der Waals surface area (Å²) in [4.78, 5) is 12.2. The molecule has 3 rings (SSSR count). The van der Waals surface area contributed by atoms with E-state index in [0.717, 1.165) is 35.6 Å². The maximum Gasteiger partial charge on any atom is 0.269 e. The number of hydrogen-bond acceptors (Lipinski definition) is 4. The minimum absolute atomic E-state index is 0. The SMILES string of the molecule is Cc1nn(C)c(C)c1-c1cc(C(=O)NCC2CCCN2)[nH]n1.Cl. The second-order valence-corrected chi connectivity index (χ2v) is 5.84. The smallest absolute Gasteiger partial charge is 0.269 e. The second kappa shape index (κ2) is 7.14. The number of halogens is 1. The minimum Gasteiger partial charge on any atom is -0.349 e. The van der Waals surface area contributed by atoms with Crippen molar-refractivity contribution in [3.63, 3.8) is 0 Å². The first-order valence-corrected chi connectivity index (χ1v) is 7.64. The molecule has 2 aromatic heterocycles. The molecule has 126 valence electrons. The number of hydrogen-bond donors (Lipinski definition) is 3. The Kier molecular flexibility index (Phi) is 5.43. The van der Waals surface area contributed by atoms with Gasteiger partial charge in [0.15, 0.2) is 0 Å². The second-order valence-electron chi connectivity index (χ2n) is 5.84. The number of carbonyl (C=O) groups is 1. The van der Waals surface area contributed by atoms with E-state index in [2.05, 4.69) is 25.9 Å². The minimum atomic E-state index is -0.119. The number of aromatic amines is 1. The lowest BCUT2D eigenvalue weighted by molar-refractivity contribution is 0.0945. The fraction of sp³-hybridized carbons (Fsp3) is 0.533. The summed E-state index contributed by atoms with van der Waals surface area (Å²) in [6.07, 6.45) is 2.29. The number of aryl methyl sites for hydroxylation is 2. The fourth-order valence-electron chi connectivity index (χ4n) is 2.95. The Labute approximate surface area is 141 Å². The van der Waals surface area contributed by atoms with Gasteiger partial charge in [-0.15, -0.1) is 12.4 Å². The third kappa shape index (κ3) is 3.56. The molecule has 1 fully saturated rings. The first kappa shape index (κ1) is 17.5. The molecule has 1 amide bonds. The van der Waals surface area contributed by atoms with Gasteiger partial charge in [0, 0.05) is 30.9 Å². The van der Waals surface area contributed by atoms with Crippen LogP contribution in [0.3, 0.4) is 0 Å². The van der Waals surface area contributed by atoms with Crippen LogP contribution in [-0.4, -0.2) is 45.0 Å². The van der Waals surface area contributed by atoms with E-state index in [4.69, 9.17) is 0 Å². The van der Waals surface area contributed by atoms with Gasteiger partial charge in [0.25, 0.3) is 5.91 Å². The van der Waals surface area contributed by atoms with E-state index in [-0.39, 0.29) is 18.3 Å². The highest BCUT2D eigenvalue weighted by Crippen LogP contribution is 2.25. The van der Waals surface area contributed by atoms with Crippen LogP contribution in [0, 0.1) is 13.8 Å². The molecular formula is C15H23ClN6O. The van der Waals surface area contributed by atoms with E-state index in [0.29, 0.717) is 18.3 Å². The van der Waals surface area contributed by atoms with Crippen LogP contribution in [0.1, 0.15) is 34.7 Å². The molecule has 1 atom stereocenters. The lowest BCUT2D eigenvalue weighted by Crippen LogP contribution is -2.37. The third-order valence-electron chi connectivity index (χ3n) is 4.26. The predicted octanol–water partition coefficient (Wildman–Crippen LogP) is 1.33. The molecule has 0 aliphatic carbocycles. The molecular weight excluding hydrogens is 316 g/mol. The largest absolute Gasteiger partial charge is 0.349 e. The quantitative estimate of drug-likeness (QED) is 0.785. The number of nitrogens with zero attached hydrogens (tertiary/aromatic N) is 3. The average Bonchev–Trinajstić information content (AvgIpc) is 3.19. The fourth-order valence-corrected chi connectivity index (χ4v) is 2.95. The van der Waals surface area contributed by atoms with Crippen LogP contribution in [-0.2, 0) is 7.05 Å². The van der Waals surface area contributed by atoms with Crippen LogP contribution in [0.15, 0.2) is 6.07 Å². The number of H-pyrrole nitrogens is 1. The Morgan fingerprint density at radius 2 is 2.26 bits per heavy atom. The molecule has 0 radical (unpaired) electrons. The highest BCUT2D eigenvalue weighted by atomic mass is 35.5. The summed E-state index contributed by atoms with van der Waals surface area (Å²) in [7, 11) is 1.90. The van der Waals surface area contributed by atoms with Gasteiger partial charge < -0.3 is 10.6 Å². The highest BCUT2D eigenvalue weighted by Gasteiger charge is 2.19. The maximum atomic E-state index is 12.2. The number of aromatic nitrogens is 4. The summed E-state index contributed by atoms with van der Waals surface area (Å²) in [5.41, 5.74) is 4.16. The Morgan fingerprint density at radius 1 is 1.48 bits per heavy atom. The molecule has 3 heterocycles. The third-order valence-corrected chi connectivity index (χ3v) is 4.26. The number of carbonyl (C=O) groups excluding carboxylic acids is 1. The highest BCUT2D eigenvalue weighted by molar-refractivity contribution is 5.93. The standard InChI is InChI=1S/C15H22N6O.ClH/c1-9-14(10(2)21(3)20-9)12-7-13(19-18-12)15(22)17-8-11-5-4-6-16-11;/h7,11,16H,4-6,8H2,1-3H3,(H,17,22)(H,18,19);1H. The van der Waals surface area contributed by atoms with Crippen molar-refractivity contribution in [2.75, 3.05) is 13.1 Å². The molecule has 0 bridgehead atoms. The molecule has 8 heteroatoms. The number of nitrogens with one attached hydrogen (secondary N) is 3. The lowest BCUT2D eigenvalue weighted by Gasteiger charge is -2.10. The molecule has 0 spiro atoms. The summed E-state index contributed by atoms with van der Waals surface area (Å²) in [6.45, 7) is 5.63. The predicted molar refractivity (Wildman–Crippen MR) is 90.9 cm³/mol. The van der Waals surface area contributed by atoms with Crippen LogP contribution in [0.2, 0.25) is 0 Å². The maximum absolute atomic E-state index is 12.2. The summed E-state index contributed by atoms with van der Waals surface area (Å²) < 4.78 is 1.82. The van der Waals surface area contributed by atoms with Gasteiger partial charge in [0.2, 0.25) is 0 Å². The molecule has 2 aromatic rings.